The molecule has 0 fully saturated rings. The Morgan fingerprint density at radius 2 is 1.95 bits per heavy atom. The highest BCUT2D eigenvalue weighted by molar-refractivity contribution is 9.10. The summed E-state index contributed by atoms with van der Waals surface area (Å²) in [7, 11) is 0. The number of rotatable bonds is 2. The first kappa shape index (κ1) is 13.5. The van der Waals surface area contributed by atoms with Crippen LogP contribution in [0.1, 0.15) is 21.6 Å². The summed E-state index contributed by atoms with van der Waals surface area (Å²) in [5.41, 5.74) is 2.04. The first-order chi connectivity index (χ1) is 8.99. The van der Waals surface area contributed by atoms with E-state index >= 15 is 0 Å². The zero-order valence-corrected chi connectivity index (χ0v) is 12.2. The van der Waals surface area contributed by atoms with Crippen LogP contribution in [-0.4, -0.2) is 10.9 Å². The topological polar surface area (TPSA) is 62.0 Å². The standard InChI is InChI=1S/C14H13BrN2O2/c1-8-6-7-10(13(18)16-8)14(19)17-12-5-3-4-11(15)9(12)2/h3-7H,1-2H3,(H,16,18)(H,17,19). The number of carbonyl (C=O) groups excluding carboxylic acids is 1. The van der Waals surface area contributed by atoms with Gasteiger partial charge in [-0.3, -0.25) is 9.59 Å². The highest BCUT2D eigenvalue weighted by atomic mass is 79.9. The summed E-state index contributed by atoms with van der Waals surface area (Å²) < 4.78 is 0.906. The minimum absolute atomic E-state index is 0.102. The molecule has 2 rings (SSSR count). The predicted octanol–water partition coefficient (Wildman–Crippen LogP) is 3.01. The third-order valence-electron chi connectivity index (χ3n) is 2.82. The first-order valence-electron chi connectivity index (χ1n) is 5.75. The van der Waals surface area contributed by atoms with Crippen LogP contribution in [0.5, 0.6) is 0 Å². The van der Waals surface area contributed by atoms with Crippen LogP contribution in [0.2, 0.25) is 0 Å². The van der Waals surface area contributed by atoms with Gasteiger partial charge in [-0.05, 0) is 43.7 Å². The molecule has 0 unspecified atom stereocenters. The average Bonchev–Trinajstić information content (AvgIpc) is 2.34. The van der Waals surface area contributed by atoms with E-state index in [9.17, 15) is 9.59 Å². The third-order valence-corrected chi connectivity index (χ3v) is 3.67. The van der Waals surface area contributed by atoms with E-state index in [1.165, 1.54) is 6.07 Å². The molecule has 0 spiro atoms. The zero-order valence-electron chi connectivity index (χ0n) is 10.6. The van der Waals surface area contributed by atoms with Gasteiger partial charge in [0.1, 0.15) is 5.56 Å². The number of carbonyl (C=O) groups is 1. The van der Waals surface area contributed by atoms with Crippen LogP contribution < -0.4 is 10.9 Å². The van der Waals surface area contributed by atoms with Crippen molar-refractivity contribution in [1.82, 2.24) is 4.98 Å². The second-order valence-electron chi connectivity index (χ2n) is 4.25. The minimum atomic E-state index is -0.414. The zero-order chi connectivity index (χ0) is 14.0. The lowest BCUT2D eigenvalue weighted by molar-refractivity contribution is 0.102. The summed E-state index contributed by atoms with van der Waals surface area (Å²) in [5.74, 6) is -0.414. The summed E-state index contributed by atoms with van der Waals surface area (Å²) in [5, 5.41) is 2.74. The lowest BCUT2D eigenvalue weighted by Gasteiger charge is -2.09. The van der Waals surface area contributed by atoms with Crippen LogP contribution in [0.3, 0.4) is 0 Å². The van der Waals surface area contributed by atoms with Gasteiger partial charge in [-0.25, -0.2) is 0 Å². The number of aromatic nitrogens is 1. The normalized spacial score (nSPS) is 10.3. The average molecular weight is 321 g/mol. The summed E-state index contributed by atoms with van der Waals surface area (Å²) in [4.78, 5) is 26.4. The number of H-pyrrole nitrogens is 1. The van der Waals surface area contributed by atoms with Crippen LogP contribution in [-0.2, 0) is 0 Å². The Morgan fingerprint density at radius 1 is 1.21 bits per heavy atom. The predicted molar refractivity (Wildman–Crippen MR) is 78.6 cm³/mol. The van der Waals surface area contributed by atoms with Gasteiger partial charge >= 0.3 is 0 Å². The Kier molecular flexibility index (Phi) is 3.85. The summed E-state index contributed by atoms with van der Waals surface area (Å²) in [6.45, 7) is 3.65. The number of halogens is 1. The molecule has 5 heteroatoms. The fraction of sp³-hybridized carbons (Fsp3) is 0.143. The van der Waals surface area contributed by atoms with Gasteiger partial charge in [-0.2, -0.15) is 0 Å². The molecule has 1 aromatic heterocycles. The maximum Gasteiger partial charge on any atom is 0.261 e. The Labute approximate surface area is 119 Å². The van der Waals surface area contributed by atoms with Crippen LogP contribution in [0, 0.1) is 13.8 Å². The minimum Gasteiger partial charge on any atom is -0.326 e. The highest BCUT2D eigenvalue weighted by Crippen LogP contribution is 2.23. The molecule has 98 valence electrons. The van der Waals surface area contributed by atoms with E-state index in [1.54, 1.807) is 19.1 Å². The number of benzene rings is 1. The van der Waals surface area contributed by atoms with E-state index in [-0.39, 0.29) is 11.1 Å². The summed E-state index contributed by atoms with van der Waals surface area (Å²) in [6.07, 6.45) is 0. The molecule has 0 bridgehead atoms. The van der Waals surface area contributed by atoms with Gasteiger partial charge in [0.2, 0.25) is 0 Å². The van der Waals surface area contributed by atoms with Crippen LogP contribution >= 0.6 is 15.9 Å². The number of anilines is 1. The molecule has 1 aromatic carbocycles. The van der Waals surface area contributed by atoms with Crippen LogP contribution in [0.25, 0.3) is 0 Å². The molecule has 0 saturated carbocycles. The highest BCUT2D eigenvalue weighted by Gasteiger charge is 2.12. The van der Waals surface area contributed by atoms with Crippen LogP contribution in [0.15, 0.2) is 39.6 Å². The molecule has 4 nitrogen and oxygen atoms in total. The Bertz CT molecular complexity index is 692. The fourth-order valence-corrected chi connectivity index (χ4v) is 2.05. The van der Waals surface area contributed by atoms with Crippen molar-refractivity contribution in [3.8, 4) is 0 Å². The Balaban J connectivity index is 2.31. The molecule has 2 N–H and O–H groups in total. The van der Waals surface area contributed by atoms with Crippen molar-refractivity contribution in [2.75, 3.05) is 5.32 Å². The van der Waals surface area contributed by atoms with E-state index in [0.717, 1.165) is 15.7 Å². The number of hydrogen-bond donors (Lipinski definition) is 2. The van der Waals surface area contributed by atoms with Gasteiger partial charge in [0, 0.05) is 15.9 Å². The SMILES string of the molecule is Cc1ccc(C(=O)Nc2cccc(Br)c2C)c(=O)[nH]1. The smallest absolute Gasteiger partial charge is 0.261 e. The number of pyridine rings is 1. The van der Waals surface area contributed by atoms with Crippen molar-refractivity contribution in [2.45, 2.75) is 13.8 Å². The van der Waals surface area contributed by atoms with Gasteiger partial charge in [0.25, 0.3) is 11.5 Å². The molecular weight excluding hydrogens is 308 g/mol. The van der Waals surface area contributed by atoms with Gasteiger partial charge in [-0.1, -0.05) is 22.0 Å². The molecule has 19 heavy (non-hydrogen) atoms. The quantitative estimate of drug-likeness (QED) is 0.893. The molecule has 0 aliphatic carbocycles. The molecular formula is C14H13BrN2O2. The van der Waals surface area contributed by atoms with E-state index in [0.29, 0.717) is 5.69 Å². The summed E-state index contributed by atoms with van der Waals surface area (Å²) in [6, 6.07) is 8.73. The van der Waals surface area contributed by atoms with Gasteiger partial charge in [0.05, 0.1) is 0 Å². The Morgan fingerprint density at radius 3 is 2.63 bits per heavy atom. The van der Waals surface area contributed by atoms with Crippen molar-refractivity contribution in [2.24, 2.45) is 0 Å². The maximum absolute atomic E-state index is 12.1. The van der Waals surface area contributed by atoms with E-state index in [1.807, 2.05) is 19.1 Å². The van der Waals surface area contributed by atoms with Crippen molar-refractivity contribution in [1.29, 1.82) is 0 Å². The Hall–Kier alpha value is -1.88. The van der Waals surface area contributed by atoms with Crippen molar-refractivity contribution in [3.05, 3.63) is 62.0 Å². The molecule has 0 aliphatic heterocycles. The van der Waals surface area contributed by atoms with E-state index < -0.39 is 5.91 Å². The van der Waals surface area contributed by atoms with Crippen molar-refractivity contribution >= 4 is 27.5 Å². The molecule has 1 heterocycles. The fourth-order valence-electron chi connectivity index (χ4n) is 1.68. The van der Waals surface area contributed by atoms with Crippen molar-refractivity contribution in [3.63, 3.8) is 0 Å². The number of nitrogens with one attached hydrogen (secondary N) is 2. The lowest BCUT2D eigenvalue weighted by atomic mass is 10.2. The van der Waals surface area contributed by atoms with Gasteiger partial charge < -0.3 is 10.3 Å². The maximum atomic E-state index is 12.1. The molecule has 0 saturated heterocycles. The molecule has 0 radical (unpaired) electrons. The number of aryl methyl sites for hydroxylation is 1. The van der Waals surface area contributed by atoms with Crippen molar-refractivity contribution < 1.29 is 4.79 Å². The molecule has 2 aromatic rings. The lowest BCUT2D eigenvalue weighted by Crippen LogP contribution is -2.23. The van der Waals surface area contributed by atoms with Gasteiger partial charge in [0.15, 0.2) is 0 Å². The first-order valence-corrected chi connectivity index (χ1v) is 6.54. The monoisotopic (exact) mass is 320 g/mol. The second-order valence-corrected chi connectivity index (χ2v) is 5.11. The second kappa shape index (κ2) is 5.40. The van der Waals surface area contributed by atoms with Gasteiger partial charge in [-0.15, -0.1) is 0 Å². The number of hydrogen-bond acceptors (Lipinski definition) is 2. The summed E-state index contributed by atoms with van der Waals surface area (Å²) >= 11 is 3.40. The molecule has 1 amide bonds. The third kappa shape index (κ3) is 2.93. The molecule has 0 atom stereocenters. The van der Waals surface area contributed by atoms with E-state index in [2.05, 4.69) is 26.2 Å². The van der Waals surface area contributed by atoms with Crippen LogP contribution in [0.4, 0.5) is 5.69 Å². The number of aromatic amines is 1. The number of amides is 1. The largest absolute Gasteiger partial charge is 0.326 e. The van der Waals surface area contributed by atoms with E-state index in [4.69, 9.17) is 0 Å². The molecule has 0 aliphatic rings.